The minimum absolute atomic E-state index is 0.229. The van der Waals surface area contributed by atoms with Gasteiger partial charge in [0.25, 0.3) is 0 Å². The Balaban J connectivity index is 2.01. The normalized spacial score (nSPS) is 10.5. The van der Waals surface area contributed by atoms with Gasteiger partial charge in [0.15, 0.2) is 0 Å². The van der Waals surface area contributed by atoms with E-state index in [1.165, 1.54) is 0 Å². The highest BCUT2D eigenvalue weighted by molar-refractivity contribution is 7.09. The van der Waals surface area contributed by atoms with Crippen molar-refractivity contribution < 1.29 is 9.84 Å². The third kappa shape index (κ3) is 3.20. The molecular formula is C13H15NO2S. The van der Waals surface area contributed by atoms with Gasteiger partial charge in [-0.05, 0) is 31.0 Å². The van der Waals surface area contributed by atoms with Crippen LogP contribution >= 0.6 is 11.3 Å². The summed E-state index contributed by atoms with van der Waals surface area (Å²) in [6.07, 6.45) is 0.954. The number of phenols is 1. The van der Waals surface area contributed by atoms with Crippen molar-refractivity contribution in [1.82, 2.24) is 4.98 Å². The Kier molecular flexibility index (Phi) is 3.64. The summed E-state index contributed by atoms with van der Waals surface area (Å²) in [6, 6.07) is 5.21. The first kappa shape index (κ1) is 11.9. The summed E-state index contributed by atoms with van der Waals surface area (Å²) in [5.41, 5.74) is 1.92. The Bertz CT molecular complexity index is 488. The molecule has 0 saturated heterocycles. The number of thiazole rings is 1. The van der Waals surface area contributed by atoms with Gasteiger partial charge in [0.2, 0.25) is 0 Å². The van der Waals surface area contributed by atoms with Crippen molar-refractivity contribution in [2.24, 2.45) is 0 Å². The summed E-state index contributed by atoms with van der Waals surface area (Å²) in [5.74, 6) is 0.904. The highest BCUT2D eigenvalue weighted by Crippen LogP contribution is 2.22. The number of nitrogens with zero attached hydrogens (tertiary/aromatic N) is 1. The Hall–Kier alpha value is -1.55. The van der Waals surface area contributed by atoms with E-state index in [1.807, 2.05) is 18.4 Å². The summed E-state index contributed by atoms with van der Waals surface area (Å²) >= 11 is 1.65. The molecule has 1 aromatic heterocycles. The molecule has 0 fully saturated rings. The molecule has 0 atom stereocenters. The van der Waals surface area contributed by atoms with E-state index in [1.54, 1.807) is 23.5 Å². The molecule has 0 spiro atoms. The van der Waals surface area contributed by atoms with Gasteiger partial charge in [0, 0.05) is 11.4 Å². The lowest BCUT2D eigenvalue weighted by molar-refractivity contribution is 0.300. The molecule has 0 saturated carbocycles. The second-order valence-electron chi connectivity index (χ2n) is 3.88. The first-order valence-electron chi connectivity index (χ1n) is 5.54. The Morgan fingerprint density at radius 1 is 1.35 bits per heavy atom. The molecule has 0 unspecified atom stereocenters. The maximum atomic E-state index is 9.44. The smallest absolute Gasteiger partial charge is 0.131 e. The van der Waals surface area contributed by atoms with Crippen LogP contribution in [0.15, 0.2) is 23.6 Å². The van der Waals surface area contributed by atoms with Gasteiger partial charge in [-0.15, -0.1) is 11.3 Å². The van der Waals surface area contributed by atoms with Crippen molar-refractivity contribution in [2.45, 2.75) is 26.9 Å². The zero-order valence-corrected chi connectivity index (χ0v) is 10.8. The predicted octanol–water partition coefficient (Wildman–Crippen LogP) is 3.30. The number of aromatic nitrogens is 1. The van der Waals surface area contributed by atoms with Gasteiger partial charge in [-0.3, -0.25) is 0 Å². The van der Waals surface area contributed by atoms with Crippen LogP contribution in [0.1, 0.15) is 23.2 Å². The fraction of sp³-hybridized carbons (Fsp3) is 0.308. The number of benzene rings is 1. The number of phenolic OH excluding ortho intramolecular Hbond substituents is 1. The number of aryl methyl sites for hydroxylation is 2. The van der Waals surface area contributed by atoms with Gasteiger partial charge in [-0.2, -0.15) is 0 Å². The molecule has 0 bridgehead atoms. The molecule has 2 rings (SSSR count). The van der Waals surface area contributed by atoms with Gasteiger partial charge in [0.05, 0.1) is 10.7 Å². The van der Waals surface area contributed by atoms with E-state index >= 15 is 0 Å². The molecule has 2 aromatic rings. The maximum Gasteiger partial charge on any atom is 0.131 e. The van der Waals surface area contributed by atoms with Crippen molar-refractivity contribution in [1.29, 1.82) is 0 Å². The van der Waals surface area contributed by atoms with Gasteiger partial charge < -0.3 is 9.84 Å². The van der Waals surface area contributed by atoms with Crippen LogP contribution in [0.2, 0.25) is 0 Å². The molecule has 0 amide bonds. The third-order valence-electron chi connectivity index (χ3n) is 2.32. The van der Waals surface area contributed by atoms with Crippen LogP contribution in [0.3, 0.4) is 0 Å². The molecule has 3 nitrogen and oxygen atoms in total. The average molecular weight is 249 g/mol. The lowest BCUT2D eigenvalue weighted by Gasteiger charge is -2.05. The first-order valence-corrected chi connectivity index (χ1v) is 6.42. The molecular weight excluding hydrogens is 234 g/mol. The van der Waals surface area contributed by atoms with Crippen LogP contribution < -0.4 is 4.74 Å². The van der Waals surface area contributed by atoms with E-state index in [9.17, 15) is 5.11 Å². The fourth-order valence-corrected chi connectivity index (χ4v) is 2.28. The van der Waals surface area contributed by atoms with Gasteiger partial charge >= 0.3 is 0 Å². The zero-order valence-electron chi connectivity index (χ0n) is 9.93. The van der Waals surface area contributed by atoms with Gasteiger partial charge in [-0.25, -0.2) is 4.98 Å². The summed E-state index contributed by atoms with van der Waals surface area (Å²) in [7, 11) is 0. The monoisotopic (exact) mass is 249 g/mol. The standard InChI is InChI=1S/C13H15NO2S/c1-3-13-14-10(8-17-13)7-16-12-5-9(2)4-11(15)6-12/h4-6,8,15H,3,7H2,1-2H3. The van der Waals surface area contributed by atoms with E-state index in [0.29, 0.717) is 12.4 Å². The van der Waals surface area contributed by atoms with Crippen molar-refractivity contribution >= 4 is 11.3 Å². The minimum atomic E-state index is 0.229. The van der Waals surface area contributed by atoms with Crippen LogP contribution in [0.4, 0.5) is 0 Å². The number of aromatic hydroxyl groups is 1. The average Bonchev–Trinajstić information content (AvgIpc) is 2.73. The molecule has 0 aliphatic rings. The minimum Gasteiger partial charge on any atom is -0.508 e. The molecule has 4 heteroatoms. The Morgan fingerprint density at radius 3 is 2.82 bits per heavy atom. The first-order chi connectivity index (χ1) is 8.17. The van der Waals surface area contributed by atoms with E-state index in [2.05, 4.69) is 11.9 Å². The SMILES string of the molecule is CCc1nc(COc2cc(C)cc(O)c2)cs1. The number of hydrogen-bond acceptors (Lipinski definition) is 4. The third-order valence-corrected chi connectivity index (χ3v) is 3.37. The van der Waals surface area contributed by atoms with Crippen LogP contribution in [-0.4, -0.2) is 10.1 Å². The van der Waals surface area contributed by atoms with Crippen LogP contribution in [-0.2, 0) is 13.0 Å². The summed E-state index contributed by atoms with van der Waals surface area (Å²) < 4.78 is 5.60. The number of ether oxygens (including phenoxy) is 1. The highest BCUT2D eigenvalue weighted by atomic mass is 32.1. The van der Waals surface area contributed by atoms with Crippen molar-refractivity contribution in [3.8, 4) is 11.5 Å². The molecule has 1 aromatic carbocycles. The summed E-state index contributed by atoms with van der Waals surface area (Å²) in [6.45, 7) is 4.45. The predicted molar refractivity (Wildman–Crippen MR) is 68.7 cm³/mol. The van der Waals surface area contributed by atoms with Crippen LogP contribution in [0.5, 0.6) is 11.5 Å². The largest absolute Gasteiger partial charge is 0.508 e. The highest BCUT2D eigenvalue weighted by Gasteiger charge is 2.03. The lowest BCUT2D eigenvalue weighted by atomic mass is 10.2. The second-order valence-corrected chi connectivity index (χ2v) is 4.82. The summed E-state index contributed by atoms with van der Waals surface area (Å²) in [5, 5.41) is 12.6. The van der Waals surface area contributed by atoms with Gasteiger partial charge in [-0.1, -0.05) is 6.92 Å². The second kappa shape index (κ2) is 5.19. The van der Waals surface area contributed by atoms with E-state index in [4.69, 9.17) is 4.74 Å². The molecule has 1 heterocycles. The molecule has 0 aliphatic heterocycles. The number of rotatable bonds is 4. The fourth-order valence-electron chi connectivity index (χ4n) is 1.55. The zero-order chi connectivity index (χ0) is 12.3. The number of hydrogen-bond donors (Lipinski definition) is 1. The molecule has 0 radical (unpaired) electrons. The van der Waals surface area contributed by atoms with E-state index < -0.39 is 0 Å². The topological polar surface area (TPSA) is 42.4 Å². The van der Waals surface area contributed by atoms with Crippen LogP contribution in [0, 0.1) is 6.92 Å². The molecule has 90 valence electrons. The van der Waals surface area contributed by atoms with Crippen LogP contribution in [0.25, 0.3) is 0 Å². The molecule has 1 N–H and O–H groups in total. The summed E-state index contributed by atoms with van der Waals surface area (Å²) in [4.78, 5) is 4.42. The molecule has 0 aliphatic carbocycles. The maximum absolute atomic E-state index is 9.44. The Morgan fingerprint density at radius 2 is 2.18 bits per heavy atom. The van der Waals surface area contributed by atoms with Crippen molar-refractivity contribution in [2.75, 3.05) is 0 Å². The van der Waals surface area contributed by atoms with E-state index in [0.717, 1.165) is 22.7 Å². The molecule has 17 heavy (non-hydrogen) atoms. The Labute approximate surface area is 105 Å². The van der Waals surface area contributed by atoms with Crippen molar-refractivity contribution in [3.05, 3.63) is 39.8 Å². The van der Waals surface area contributed by atoms with Gasteiger partial charge in [0.1, 0.15) is 18.1 Å². The van der Waals surface area contributed by atoms with Crippen molar-refractivity contribution in [3.63, 3.8) is 0 Å². The lowest BCUT2D eigenvalue weighted by Crippen LogP contribution is -1.96. The quantitative estimate of drug-likeness (QED) is 0.904. The van der Waals surface area contributed by atoms with E-state index in [-0.39, 0.29) is 5.75 Å².